The predicted octanol–water partition coefficient (Wildman–Crippen LogP) is 3.77. The number of carbonyl (C=O) groups is 3. The zero-order chi connectivity index (χ0) is 20.7. The van der Waals surface area contributed by atoms with E-state index in [9.17, 15) is 14.4 Å². The maximum absolute atomic E-state index is 13.1. The summed E-state index contributed by atoms with van der Waals surface area (Å²) in [4.78, 5) is 37.0. The third kappa shape index (κ3) is 3.57. The number of ether oxygens (including phenoxy) is 1. The van der Waals surface area contributed by atoms with Gasteiger partial charge in [0.1, 0.15) is 5.75 Å². The lowest BCUT2D eigenvalue weighted by molar-refractivity contribution is -0.119. The minimum Gasteiger partial charge on any atom is -0.482 e. The normalized spacial score (nSPS) is 15.0. The summed E-state index contributed by atoms with van der Waals surface area (Å²) in [6, 6.07) is 16.3. The van der Waals surface area contributed by atoms with E-state index in [-0.39, 0.29) is 30.2 Å². The van der Waals surface area contributed by atoms with Crippen molar-refractivity contribution in [3.63, 3.8) is 0 Å². The second-order valence-electron chi connectivity index (χ2n) is 7.51. The van der Waals surface area contributed by atoms with Crippen LogP contribution in [0, 0.1) is 5.92 Å². The Morgan fingerprint density at radius 2 is 1.73 bits per heavy atom. The zero-order valence-electron chi connectivity index (χ0n) is 16.0. The van der Waals surface area contributed by atoms with Crippen LogP contribution < -0.4 is 20.7 Å². The van der Waals surface area contributed by atoms with Crippen molar-refractivity contribution < 1.29 is 19.1 Å². The summed E-state index contributed by atoms with van der Waals surface area (Å²) < 4.78 is 5.35. The van der Waals surface area contributed by atoms with Crippen molar-refractivity contribution in [3.05, 3.63) is 60.2 Å². The van der Waals surface area contributed by atoms with Gasteiger partial charge in [-0.2, -0.15) is 0 Å². The van der Waals surface area contributed by atoms with Gasteiger partial charge in [-0.1, -0.05) is 24.3 Å². The van der Waals surface area contributed by atoms with Crippen molar-refractivity contribution in [2.75, 3.05) is 22.6 Å². The summed E-state index contributed by atoms with van der Waals surface area (Å²) in [6.07, 6.45) is 1.76. The molecule has 3 amide bonds. The molecule has 7 nitrogen and oxygen atoms in total. The summed E-state index contributed by atoms with van der Waals surface area (Å²) in [5.74, 6) is -0.0827. The van der Waals surface area contributed by atoms with Crippen molar-refractivity contribution in [1.29, 1.82) is 0 Å². The number of fused-ring (bicyclic) bond motifs is 2. The summed E-state index contributed by atoms with van der Waals surface area (Å²) in [5, 5.41) is 10.3. The van der Waals surface area contributed by atoms with Crippen molar-refractivity contribution in [1.82, 2.24) is 0 Å². The Balaban J connectivity index is 1.46. The Morgan fingerprint density at radius 1 is 0.967 bits per heavy atom. The highest BCUT2D eigenvalue weighted by atomic mass is 16.5. The standard InChI is InChI=1S/C23H19N3O4/c27-21-12-30-20-8-7-16(11-19(20)25-21)24-23(29)17-9-14-3-1-2-4-15(14)10-18(17)26-22(28)13-5-6-13/h1-4,7-11,13H,5-6,12H2,(H,24,29)(H,25,27)(H,26,28). The Kier molecular flexibility index (Phi) is 4.35. The molecule has 1 heterocycles. The van der Waals surface area contributed by atoms with Crippen molar-refractivity contribution in [2.24, 2.45) is 5.92 Å². The number of rotatable bonds is 4. The number of nitrogens with one attached hydrogen (secondary N) is 3. The molecule has 0 saturated heterocycles. The van der Waals surface area contributed by atoms with Crippen LogP contribution in [0.1, 0.15) is 23.2 Å². The van der Waals surface area contributed by atoms with Crippen LogP contribution in [0.3, 0.4) is 0 Å². The van der Waals surface area contributed by atoms with Crippen molar-refractivity contribution >= 4 is 45.6 Å². The molecule has 30 heavy (non-hydrogen) atoms. The molecule has 0 aromatic heterocycles. The summed E-state index contributed by atoms with van der Waals surface area (Å²) in [5.41, 5.74) is 1.88. The first-order chi connectivity index (χ1) is 14.6. The van der Waals surface area contributed by atoms with Crippen LogP contribution in [0.4, 0.5) is 17.1 Å². The van der Waals surface area contributed by atoms with E-state index >= 15 is 0 Å². The van der Waals surface area contributed by atoms with E-state index in [1.807, 2.05) is 30.3 Å². The maximum atomic E-state index is 13.1. The lowest BCUT2D eigenvalue weighted by Gasteiger charge is -2.19. The van der Waals surface area contributed by atoms with E-state index in [0.29, 0.717) is 28.4 Å². The molecule has 3 aromatic rings. The molecule has 5 rings (SSSR count). The largest absolute Gasteiger partial charge is 0.482 e. The average molecular weight is 401 g/mol. The number of anilines is 3. The quantitative estimate of drug-likeness (QED) is 0.620. The van der Waals surface area contributed by atoms with Crippen molar-refractivity contribution in [3.8, 4) is 5.75 Å². The Hall–Kier alpha value is -3.87. The van der Waals surface area contributed by atoms with Crippen LogP contribution in [0.5, 0.6) is 5.75 Å². The zero-order valence-corrected chi connectivity index (χ0v) is 16.0. The fourth-order valence-electron chi connectivity index (χ4n) is 3.47. The first-order valence-electron chi connectivity index (χ1n) is 9.78. The first-order valence-corrected chi connectivity index (χ1v) is 9.78. The molecule has 7 heteroatoms. The molecule has 3 N–H and O–H groups in total. The van der Waals surface area contributed by atoms with Crippen LogP contribution in [0.25, 0.3) is 10.8 Å². The van der Waals surface area contributed by atoms with Crippen LogP contribution in [-0.2, 0) is 9.59 Å². The number of benzene rings is 3. The number of carbonyl (C=O) groups excluding carboxylic acids is 3. The number of amides is 3. The highest BCUT2D eigenvalue weighted by Crippen LogP contribution is 2.33. The van der Waals surface area contributed by atoms with Gasteiger partial charge < -0.3 is 20.7 Å². The van der Waals surface area contributed by atoms with Gasteiger partial charge in [-0.3, -0.25) is 14.4 Å². The lowest BCUT2D eigenvalue weighted by Crippen LogP contribution is -2.25. The Morgan fingerprint density at radius 3 is 2.50 bits per heavy atom. The van der Waals surface area contributed by atoms with E-state index in [0.717, 1.165) is 23.6 Å². The maximum Gasteiger partial charge on any atom is 0.262 e. The molecule has 150 valence electrons. The minimum absolute atomic E-state index is 0.0247. The first kappa shape index (κ1) is 18.2. The second kappa shape index (κ2) is 7.18. The molecule has 2 aliphatic rings. The van der Waals surface area contributed by atoms with Gasteiger partial charge in [0, 0.05) is 11.6 Å². The lowest BCUT2D eigenvalue weighted by atomic mass is 10.0. The van der Waals surface area contributed by atoms with Gasteiger partial charge in [-0.15, -0.1) is 0 Å². The summed E-state index contributed by atoms with van der Waals surface area (Å²) >= 11 is 0. The van der Waals surface area contributed by atoms with E-state index < -0.39 is 0 Å². The molecule has 1 aliphatic carbocycles. The van der Waals surface area contributed by atoms with Gasteiger partial charge in [0.25, 0.3) is 11.8 Å². The Bertz CT molecular complexity index is 1200. The average Bonchev–Trinajstić information content (AvgIpc) is 3.58. The topological polar surface area (TPSA) is 96.5 Å². The van der Waals surface area contributed by atoms with E-state index in [2.05, 4.69) is 16.0 Å². The van der Waals surface area contributed by atoms with E-state index in [4.69, 9.17) is 4.74 Å². The predicted molar refractivity (Wildman–Crippen MR) is 114 cm³/mol. The molecule has 1 saturated carbocycles. The van der Waals surface area contributed by atoms with Gasteiger partial charge >= 0.3 is 0 Å². The molecule has 1 aliphatic heterocycles. The highest BCUT2D eigenvalue weighted by Gasteiger charge is 2.30. The van der Waals surface area contributed by atoms with Gasteiger partial charge in [-0.05, 0) is 53.9 Å². The molecule has 0 radical (unpaired) electrons. The second-order valence-corrected chi connectivity index (χ2v) is 7.51. The third-order valence-electron chi connectivity index (χ3n) is 5.21. The van der Waals surface area contributed by atoms with Gasteiger partial charge in [0.2, 0.25) is 5.91 Å². The number of hydrogen-bond acceptors (Lipinski definition) is 4. The van der Waals surface area contributed by atoms with Crippen LogP contribution >= 0.6 is 0 Å². The summed E-state index contributed by atoms with van der Waals surface area (Å²) in [7, 11) is 0. The fourth-order valence-corrected chi connectivity index (χ4v) is 3.47. The molecular weight excluding hydrogens is 382 g/mol. The molecular formula is C23H19N3O4. The minimum atomic E-state index is -0.352. The fraction of sp³-hybridized carbons (Fsp3) is 0.174. The molecule has 0 bridgehead atoms. The van der Waals surface area contributed by atoms with E-state index in [1.54, 1.807) is 24.3 Å². The van der Waals surface area contributed by atoms with Gasteiger partial charge in [0.15, 0.2) is 6.61 Å². The van der Waals surface area contributed by atoms with Gasteiger partial charge in [0.05, 0.1) is 16.9 Å². The van der Waals surface area contributed by atoms with Crippen molar-refractivity contribution in [2.45, 2.75) is 12.8 Å². The molecule has 0 spiro atoms. The van der Waals surface area contributed by atoms with Crippen LogP contribution in [0.15, 0.2) is 54.6 Å². The van der Waals surface area contributed by atoms with Gasteiger partial charge in [-0.25, -0.2) is 0 Å². The molecule has 1 fully saturated rings. The Labute approximate surface area is 172 Å². The third-order valence-corrected chi connectivity index (χ3v) is 5.21. The van der Waals surface area contributed by atoms with E-state index in [1.165, 1.54) is 0 Å². The summed E-state index contributed by atoms with van der Waals surface area (Å²) in [6.45, 7) is -0.0279. The van der Waals surface area contributed by atoms with Crippen LogP contribution in [0.2, 0.25) is 0 Å². The monoisotopic (exact) mass is 401 g/mol. The van der Waals surface area contributed by atoms with Crippen LogP contribution in [-0.4, -0.2) is 24.3 Å². The number of hydrogen-bond donors (Lipinski definition) is 3. The smallest absolute Gasteiger partial charge is 0.262 e. The molecule has 0 atom stereocenters. The molecule has 3 aromatic carbocycles. The SMILES string of the molecule is O=C1COc2ccc(NC(=O)c3cc4ccccc4cc3NC(=O)C3CC3)cc2N1. The highest BCUT2D eigenvalue weighted by molar-refractivity contribution is 6.13. The molecule has 0 unspecified atom stereocenters.